The highest BCUT2D eigenvalue weighted by Crippen LogP contribution is 2.23. The Labute approximate surface area is 124 Å². The normalized spacial score (nSPS) is 23.5. The number of aromatic hydroxyl groups is 1. The Hall–Kier alpha value is -1.62. The number of halogens is 1. The first-order valence-electron chi connectivity index (χ1n) is 7.67. The van der Waals surface area contributed by atoms with Gasteiger partial charge in [0, 0.05) is 25.2 Å². The van der Waals surface area contributed by atoms with Crippen LogP contribution in [0.2, 0.25) is 0 Å². The molecule has 1 aromatic rings. The van der Waals surface area contributed by atoms with Gasteiger partial charge in [-0.3, -0.25) is 9.69 Å². The van der Waals surface area contributed by atoms with Crippen molar-refractivity contribution in [2.45, 2.75) is 31.7 Å². The van der Waals surface area contributed by atoms with Crippen LogP contribution in [-0.4, -0.2) is 53.0 Å². The lowest BCUT2D eigenvalue weighted by Crippen LogP contribution is -2.41. The molecule has 2 aliphatic heterocycles. The molecule has 1 N–H and O–H groups in total. The molecule has 2 aliphatic rings. The summed E-state index contributed by atoms with van der Waals surface area (Å²) in [4.78, 5) is 16.6. The molecule has 114 valence electrons. The molecule has 4 nitrogen and oxygen atoms in total. The number of likely N-dealkylation sites (tertiary alicyclic amines) is 2. The van der Waals surface area contributed by atoms with E-state index in [1.165, 1.54) is 31.4 Å². The molecular weight excluding hydrogens is 271 g/mol. The number of rotatable bonds is 2. The number of hydrogen-bond donors (Lipinski definition) is 1. The van der Waals surface area contributed by atoms with Gasteiger partial charge in [0.25, 0.3) is 5.91 Å². The number of carbonyl (C=O) groups is 1. The van der Waals surface area contributed by atoms with Crippen LogP contribution in [-0.2, 0) is 0 Å². The number of hydrogen-bond acceptors (Lipinski definition) is 3. The molecule has 1 aromatic carbocycles. The molecule has 0 aliphatic carbocycles. The van der Waals surface area contributed by atoms with E-state index in [1.807, 2.05) is 0 Å². The van der Waals surface area contributed by atoms with Gasteiger partial charge in [0.05, 0.1) is 5.56 Å². The van der Waals surface area contributed by atoms with E-state index in [-0.39, 0.29) is 17.2 Å². The highest BCUT2D eigenvalue weighted by Gasteiger charge is 2.32. The first kappa shape index (κ1) is 14.3. The lowest BCUT2D eigenvalue weighted by molar-refractivity contribution is 0.0767. The Morgan fingerprint density at radius 1 is 1.19 bits per heavy atom. The molecule has 1 amide bonds. The van der Waals surface area contributed by atoms with Crippen molar-refractivity contribution in [3.63, 3.8) is 0 Å². The highest BCUT2D eigenvalue weighted by atomic mass is 19.1. The first-order valence-corrected chi connectivity index (χ1v) is 7.67. The van der Waals surface area contributed by atoms with Crippen LogP contribution in [0, 0.1) is 5.82 Å². The van der Waals surface area contributed by atoms with Gasteiger partial charge in [-0.25, -0.2) is 4.39 Å². The van der Waals surface area contributed by atoms with Crippen molar-refractivity contribution in [3.05, 3.63) is 29.6 Å². The van der Waals surface area contributed by atoms with Gasteiger partial charge in [0.15, 0.2) is 0 Å². The predicted molar refractivity (Wildman–Crippen MR) is 77.8 cm³/mol. The molecule has 0 spiro atoms. The number of piperidine rings is 1. The lowest BCUT2D eigenvalue weighted by Gasteiger charge is -2.32. The summed E-state index contributed by atoms with van der Waals surface area (Å²) in [5.41, 5.74) is 0.0482. The molecule has 0 saturated carbocycles. The summed E-state index contributed by atoms with van der Waals surface area (Å²) in [5, 5.41) is 9.23. The van der Waals surface area contributed by atoms with Gasteiger partial charge in [-0.1, -0.05) is 6.42 Å². The van der Waals surface area contributed by atoms with Crippen LogP contribution in [0.1, 0.15) is 36.0 Å². The minimum Gasteiger partial charge on any atom is -0.508 e. The van der Waals surface area contributed by atoms with E-state index in [9.17, 15) is 14.3 Å². The second-order valence-electron chi connectivity index (χ2n) is 5.95. The molecule has 3 rings (SSSR count). The number of phenolic OH excluding ortho intramolecular Hbond substituents is 1. The average molecular weight is 292 g/mol. The maximum Gasteiger partial charge on any atom is 0.256 e. The zero-order valence-corrected chi connectivity index (χ0v) is 12.1. The van der Waals surface area contributed by atoms with Crippen molar-refractivity contribution < 1.29 is 14.3 Å². The summed E-state index contributed by atoms with van der Waals surface area (Å²) in [5.74, 6) is -1.08. The van der Waals surface area contributed by atoms with Crippen LogP contribution in [0.4, 0.5) is 4.39 Å². The molecule has 1 atom stereocenters. The molecular formula is C16H21FN2O2. The maximum absolute atomic E-state index is 13.8. The van der Waals surface area contributed by atoms with Gasteiger partial charge in [-0.15, -0.1) is 0 Å². The first-order chi connectivity index (χ1) is 10.1. The number of phenols is 1. The fraction of sp³-hybridized carbons (Fsp3) is 0.562. The van der Waals surface area contributed by atoms with Crippen molar-refractivity contribution in [3.8, 4) is 5.75 Å². The topological polar surface area (TPSA) is 43.8 Å². The Morgan fingerprint density at radius 3 is 2.67 bits per heavy atom. The van der Waals surface area contributed by atoms with E-state index < -0.39 is 5.82 Å². The number of carbonyl (C=O) groups excluding carboxylic acids is 1. The van der Waals surface area contributed by atoms with Crippen LogP contribution in [0.25, 0.3) is 0 Å². The van der Waals surface area contributed by atoms with Crippen molar-refractivity contribution in [1.82, 2.24) is 9.80 Å². The van der Waals surface area contributed by atoms with Gasteiger partial charge < -0.3 is 10.0 Å². The molecule has 0 bridgehead atoms. The molecule has 0 aromatic heterocycles. The minimum absolute atomic E-state index is 0.0482. The van der Waals surface area contributed by atoms with Crippen molar-refractivity contribution in [2.75, 3.05) is 26.2 Å². The monoisotopic (exact) mass is 292 g/mol. The van der Waals surface area contributed by atoms with Crippen LogP contribution < -0.4 is 0 Å². The summed E-state index contributed by atoms with van der Waals surface area (Å²) < 4.78 is 13.8. The van der Waals surface area contributed by atoms with Gasteiger partial charge in [-0.05, 0) is 44.5 Å². The summed E-state index contributed by atoms with van der Waals surface area (Å²) in [7, 11) is 0. The van der Waals surface area contributed by atoms with E-state index in [1.54, 1.807) is 4.90 Å². The molecule has 0 radical (unpaired) electrons. The van der Waals surface area contributed by atoms with Crippen LogP contribution in [0.15, 0.2) is 18.2 Å². The van der Waals surface area contributed by atoms with Crippen LogP contribution in [0.5, 0.6) is 5.75 Å². The standard InChI is InChI=1S/C16H21FN2O2/c17-15-10-13(20)4-5-14(15)16(21)19-9-6-12(11-19)18-7-2-1-3-8-18/h4-5,10,12,20H,1-3,6-9,11H2. The van der Waals surface area contributed by atoms with Gasteiger partial charge in [-0.2, -0.15) is 0 Å². The quantitative estimate of drug-likeness (QED) is 0.909. The Balaban J connectivity index is 1.66. The lowest BCUT2D eigenvalue weighted by atomic mass is 10.1. The zero-order valence-electron chi connectivity index (χ0n) is 12.1. The Bertz CT molecular complexity index is 529. The van der Waals surface area contributed by atoms with E-state index >= 15 is 0 Å². The minimum atomic E-state index is -0.651. The van der Waals surface area contributed by atoms with E-state index in [2.05, 4.69) is 4.90 Å². The second kappa shape index (κ2) is 6.02. The fourth-order valence-corrected chi connectivity index (χ4v) is 3.36. The summed E-state index contributed by atoms with van der Waals surface area (Å²) in [6.07, 6.45) is 4.73. The van der Waals surface area contributed by atoms with Crippen molar-refractivity contribution >= 4 is 5.91 Å². The highest BCUT2D eigenvalue weighted by molar-refractivity contribution is 5.94. The van der Waals surface area contributed by atoms with E-state index in [0.717, 1.165) is 25.6 Å². The third kappa shape index (κ3) is 3.02. The SMILES string of the molecule is O=C(c1ccc(O)cc1F)N1CCC(N2CCCCC2)C1. The second-order valence-corrected chi connectivity index (χ2v) is 5.95. The molecule has 2 fully saturated rings. The third-order valence-electron chi connectivity index (χ3n) is 4.54. The molecule has 1 unspecified atom stereocenters. The van der Waals surface area contributed by atoms with Gasteiger partial charge in [0.1, 0.15) is 11.6 Å². The van der Waals surface area contributed by atoms with Crippen LogP contribution >= 0.6 is 0 Å². The largest absolute Gasteiger partial charge is 0.508 e. The Kier molecular flexibility index (Phi) is 4.10. The number of amides is 1. The summed E-state index contributed by atoms with van der Waals surface area (Å²) in [6, 6.07) is 4.12. The smallest absolute Gasteiger partial charge is 0.256 e. The fourth-order valence-electron chi connectivity index (χ4n) is 3.36. The average Bonchev–Trinajstić information content (AvgIpc) is 2.97. The van der Waals surface area contributed by atoms with Gasteiger partial charge >= 0.3 is 0 Å². The number of benzene rings is 1. The van der Waals surface area contributed by atoms with Gasteiger partial charge in [0.2, 0.25) is 0 Å². The van der Waals surface area contributed by atoms with E-state index in [4.69, 9.17) is 0 Å². The third-order valence-corrected chi connectivity index (χ3v) is 4.54. The van der Waals surface area contributed by atoms with E-state index in [0.29, 0.717) is 19.1 Å². The molecule has 2 saturated heterocycles. The van der Waals surface area contributed by atoms with Crippen LogP contribution in [0.3, 0.4) is 0 Å². The zero-order chi connectivity index (χ0) is 14.8. The van der Waals surface area contributed by atoms with Crippen molar-refractivity contribution in [1.29, 1.82) is 0 Å². The Morgan fingerprint density at radius 2 is 1.95 bits per heavy atom. The predicted octanol–water partition coefficient (Wildman–Crippen LogP) is 2.23. The molecule has 5 heteroatoms. The molecule has 21 heavy (non-hydrogen) atoms. The summed E-state index contributed by atoms with van der Waals surface area (Å²) in [6.45, 7) is 3.58. The maximum atomic E-state index is 13.8. The summed E-state index contributed by atoms with van der Waals surface area (Å²) >= 11 is 0. The van der Waals surface area contributed by atoms with Crippen molar-refractivity contribution in [2.24, 2.45) is 0 Å². The number of nitrogens with zero attached hydrogens (tertiary/aromatic N) is 2. The molecule has 2 heterocycles.